The smallest absolute Gasteiger partial charge is 0.243 e. The van der Waals surface area contributed by atoms with Crippen LogP contribution >= 0.6 is 12.4 Å². The third kappa shape index (κ3) is 3.64. The predicted molar refractivity (Wildman–Crippen MR) is 67.1 cm³/mol. The van der Waals surface area contributed by atoms with Gasteiger partial charge in [0.1, 0.15) is 5.82 Å². The Hall–Kier alpha value is -0.690. The van der Waals surface area contributed by atoms with Crippen molar-refractivity contribution in [2.24, 2.45) is 5.73 Å². The molecule has 1 atom stereocenters. The summed E-state index contributed by atoms with van der Waals surface area (Å²) in [4.78, 5) is -0.0599. The first-order valence-corrected chi connectivity index (χ1v) is 6.27. The normalized spacial score (nSPS) is 13.2. The van der Waals surface area contributed by atoms with Crippen LogP contribution in [-0.4, -0.2) is 32.4 Å². The zero-order chi connectivity index (χ0) is 12.3. The van der Waals surface area contributed by atoms with Crippen molar-refractivity contribution >= 4 is 22.4 Å². The minimum absolute atomic E-state index is 0. The molecule has 0 aliphatic heterocycles. The van der Waals surface area contributed by atoms with Gasteiger partial charge in [-0.25, -0.2) is 12.8 Å². The van der Waals surface area contributed by atoms with E-state index in [2.05, 4.69) is 0 Å². The van der Waals surface area contributed by atoms with Crippen molar-refractivity contribution in [3.05, 3.63) is 30.1 Å². The SMILES string of the molecule is CC(CN)N(C)S(=O)(=O)c1cccc(F)c1.Cl. The molecule has 0 amide bonds. The van der Waals surface area contributed by atoms with Crippen molar-refractivity contribution in [1.29, 1.82) is 0 Å². The molecule has 0 heterocycles. The third-order valence-electron chi connectivity index (χ3n) is 2.43. The first kappa shape index (κ1) is 16.3. The van der Waals surface area contributed by atoms with Gasteiger partial charge in [-0.2, -0.15) is 4.31 Å². The minimum Gasteiger partial charge on any atom is -0.329 e. The van der Waals surface area contributed by atoms with Crippen LogP contribution < -0.4 is 5.73 Å². The highest BCUT2D eigenvalue weighted by atomic mass is 35.5. The molecule has 0 aromatic heterocycles. The van der Waals surface area contributed by atoms with Crippen molar-refractivity contribution in [2.45, 2.75) is 17.9 Å². The van der Waals surface area contributed by atoms with Gasteiger partial charge in [0.15, 0.2) is 0 Å². The number of rotatable bonds is 4. The molecule has 0 aliphatic carbocycles. The predicted octanol–water partition coefficient (Wildman–Crippen LogP) is 1.22. The van der Waals surface area contributed by atoms with Crippen LogP contribution in [0.25, 0.3) is 0 Å². The summed E-state index contributed by atoms with van der Waals surface area (Å²) in [6.07, 6.45) is 0. The van der Waals surface area contributed by atoms with E-state index in [0.717, 1.165) is 10.4 Å². The van der Waals surface area contributed by atoms with E-state index in [-0.39, 0.29) is 29.9 Å². The van der Waals surface area contributed by atoms with E-state index in [1.165, 1.54) is 25.2 Å². The molecular weight excluding hydrogens is 267 g/mol. The second kappa shape index (κ2) is 6.30. The number of nitrogens with zero attached hydrogens (tertiary/aromatic N) is 1. The number of halogens is 2. The van der Waals surface area contributed by atoms with Crippen LogP contribution in [0.3, 0.4) is 0 Å². The van der Waals surface area contributed by atoms with E-state index in [0.29, 0.717) is 0 Å². The average Bonchev–Trinajstić information content (AvgIpc) is 2.27. The minimum atomic E-state index is -3.66. The maximum Gasteiger partial charge on any atom is 0.243 e. The molecule has 1 rings (SSSR count). The highest BCUT2D eigenvalue weighted by Gasteiger charge is 2.24. The highest BCUT2D eigenvalue weighted by Crippen LogP contribution is 2.16. The van der Waals surface area contributed by atoms with Gasteiger partial charge >= 0.3 is 0 Å². The Balaban J connectivity index is 0.00000256. The van der Waals surface area contributed by atoms with Gasteiger partial charge in [-0.1, -0.05) is 6.07 Å². The molecule has 0 bridgehead atoms. The van der Waals surface area contributed by atoms with E-state index >= 15 is 0 Å². The first-order chi connectivity index (χ1) is 7.39. The lowest BCUT2D eigenvalue weighted by Gasteiger charge is -2.22. The van der Waals surface area contributed by atoms with E-state index in [1.807, 2.05) is 0 Å². The molecule has 1 aromatic rings. The van der Waals surface area contributed by atoms with E-state index in [9.17, 15) is 12.8 Å². The fourth-order valence-electron chi connectivity index (χ4n) is 1.18. The van der Waals surface area contributed by atoms with Crippen LogP contribution in [-0.2, 0) is 10.0 Å². The van der Waals surface area contributed by atoms with Crippen LogP contribution in [0.15, 0.2) is 29.2 Å². The molecule has 1 unspecified atom stereocenters. The molecule has 0 spiro atoms. The summed E-state index contributed by atoms with van der Waals surface area (Å²) in [6, 6.07) is 4.59. The van der Waals surface area contributed by atoms with Crippen molar-refractivity contribution in [3.8, 4) is 0 Å². The summed E-state index contributed by atoms with van der Waals surface area (Å²) < 4.78 is 38.1. The number of sulfonamides is 1. The second-order valence-corrected chi connectivity index (χ2v) is 5.56. The van der Waals surface area contributed by atoms with E-state index in [4.69, 9.17) is 5.73 Å². The molecule has 0 saturated heterocycles. The number of benzene rings is 1. The maximum atomic E-state index is 12.9. The fourth-order valence-corrected chi connectivity index (χ4v) is 2.58. The monoisotopic (exact) mass is 282 g/mol. The van der Waals surface area contributed by atoms with Gasteiger partial charge in [-0.3, -0.25) is 0 Å². The van der Waals surface area contributed by atoms with Gasteiger partial charge in [0.25, 0.3) is 0 Å². The Morgan fingerprint density at radius 2 is 2.06 bits per heavy atom. The van der Waals surface area contributed by atoms with Gasteiger partial charge in [-0.15, -0.1) is 12.4 Å². The summed E-state index contributed by atoms with van der Waals surface area (Å²) in [6.45, 7) is 1.90. The zero-order valence-corrected chi connectivity index (χ0v) is 11.3. The molecule has 17 heavy (non-hydrogen) atoms. The number of hydrogen-bond donors (Lipinski definition) is 1. The lowest BCUT2D eigenvalue weighted by molar-refractivity contribution is 0.394. The molecule has 0 aliphatic rings. The molecular formula is C10H16ClFN2O2S. The van der Waals surface area contributed by atoms with Crippen molar-refractivity contribution in [3.63, 3.8) is 0 Å². The van der Waals surface area contributed by atoms with Crippen molar-refractivity contribution in [1.82, 2.24) is 4.31 Å². The topological polar surface area (TPSA) is 63.4 Å². The Morgan fingerprint density at radius 1 is 1.47 bits per heavy atom. The summed E-state index contributed by atoms with van der Waals surface area (Å²) in [7, 11) is -2.23. The van der Waals surface area contributed by atoms with Crippen LogP contribution in [0.5, 0.6) is 0 Å². The molecule has 1 aromatic carbocycles. The number of likely N-dealkylation sites (N-methyl/N-ethyl adjacent to an activating group) is 1. The van der Waals surface area contributed by atoms with E-state index in [1.54, 1.807) is 6.92 Å². The summed E-state index contributed by atoms with van der Waals surface area (Å²) in [5.74, 6) is -0.574. The quantitative estimate of drug-likeness (QED) is 0.903. The second-order valence-electron chi connectivity index (χ2n) is 3.56. The highest BCUT2D eigenvalue weighted by molar-refractivity contribution is 7.89. The van der Waals surface area contributed by atoms with Gasteiger partial charge in [-0.05, 0) is 25.1 Å². The van der Waals surface area contributed by atoms with Crippen LogP contribution in [0.1, 0.15) is 6.92 Å². The molecule has 4 nitrogen and oxygen atoms in total. The number of hydrogen-bond acceptors (Lipinski definition) is 3. The Bertz CT molecular complexity index is 467. The fraction of sp³-hybridized carbons (Fsp3) is 0.400. The largest absolute Gasteiger partial charge is 0.329 e. The molecule has 0 radical (unpaired) electrons. The van der Waals surface area contributed by atoms with Gasteiger partial charge < -0.3 is 5.73 Å². The van der Waals surface area contributed by atoms with E-state index < -0.39 is 15.8 Å². The molecule has 0 fully saturated rings. The maximum absolute atomic E-state index is 12.9. The average molecular weight is 283 g/mol. The lowest BCUT2D eigenvalue weighted by atomic mass is 10.3. The van der Waals surface area contributed by atoms with Crippen molar-refractivity contribution in [2.75, 3.05) is 13.6 Å². The lowest BCUT2D eigenvalue weighted by Crippen LogP contribution is -2.39. The Morgan fingerprint density at radius 3 is 2.53 bits per heavy atom. The van der Waals surface area contributed by atoms with Crippen LogP contribution in [0, 0.1) is 5.82 Å². The van der Waals surface area contributed by atoms with Gasteiger partial charge in [0, 0.05) is 19.6 Å². The van der Waals surface area contributed by atoms with Crippen LogP contribution in [0.4, 0.5) is 4.39 Å². The Kier molecular flexibility index (Phi) is 6.04. The zero-order valence-electron chi connectivity index (χ0n) is 9.63. The molecule has 2 N–H and O–H groups in total. The first-order valence-electron chi connectivity index (χ1n) is 4.83. The summed E-state index contributed by atoms with van der Waals surface area (Å²) in [5, 5.41) is 0. The molecule has 7 heteroatoms. The van der Waals surface area contributed by atoms with Gasteiger partial charge in [0.2, 0.25) is 10.0 Å². The summed E-state index contributed by atoms with van der Waals surface area (Å²) in [5.41, 5.74) is 5.40. The van der Waals surface area contributed by atoms with Gasteiger partial charge in [0.05, 0.1) is 4.90 Å². The van der Waals surface area contributed by atoms with Crippen molar-refractivity contribution < 1.29 is 12.8 Å². The Labute approximate surface area is 107 Å². The van der Waals surface area contributed by atoms with Crippen LogP contribution in [0.2, 0.25) is 0 Å². The standard InChI is InChI=1S/C10H15FN2O2S.ClH/c1-8(7-12)13(2)16(14,15)10-5-3-4-9(11)6-10;/h3-6,8H,7,12H2,1-2H3;1H. The summed E-state index contributed by atoms with van der Waals surface area (Å²) >= 11 is 0. The third-order valence-corrected chi connectivity index (χ3v) is 4.40. The number of nitrogens with two attached hydrogens (primary N) is 1. The molecule has 98 valence electrons. The molecule has 0 saturated carbocycles.